The molecule has 8 heteroatoms. The number of ether oxygens (including phenoxy) is 2. The number of nitrogens with one attached hydrogen (secondary N) is 2. The predicted octanol–water partition coefficient (Wildman–Crippen LogP) is 5.15. The van der Waals surface area contributed by atoms with Gasteiger partial charge in [-0.3, -0.25) is 0 Å². The molecule has 8 nitrogen and oxygen atoms in total. The van der Waals surface area contributed by atoms with Crippen molar-refractivity contribution in [2.45, 2.75) is 110 Å². The highest BCUT2D eigenvalue weighted by molar-refractivity contribution is 5.68. The van der Waals surface area contributed by atoms with Crippen molar-refractivity contribution >= 4 is 12.2 Å². The Balaban J connectivity index is 2.14. The van der Waals surface area contributed by atoms with Crippen LogP contribution in [0.15, 0.2) is 30.3 Å². The van der Waals surface area contributed by atoms with Crippen LogP contribution >= 0.6 is 0 Å². The van der Waals surface area contributed by atoms with Gasteiger partial charge in [-0.05, 0) is 59.4 Å². The Morgan fingerprint density at radius 1 is 1.00 bits per heavy atom. The topological polar surface area (TPSA) is 100 Å². The highest BCUT2D eigenvalue weighted by Gasteiger charge is 2.32. The summed E-state index contributed by atoms with van der Waals surface area (Å²) in [6.07, 6.45) is 4.13. The van der Waals surface area contributed by atoms with Crippen molar-refractivity contribution in [2.75, 3.05) is 6.54 Å². The van der Waals surface area contributed by atoms with E-state index in [9.17, 15) is 14.7 Å². The van der Waals surface area contributed by atoms with Gasteiger partial charge in [-0.1, -0.05) is 62.4 Å². The Bertz CT molecular complexity index is 782. The van der Waals surface area contributed by atoms with Gasteiger partial charge in [0.25, 0.3) is 0 Å². The highest BCUT2D eigenvalue weighted by atomic mass is 16.6. The van der Waals surface area contributed by atoms with Crippen molar-refractivity contribution in [3.63, 3.8) is 0 Å². The van der Waals surface area contributed by atoms with Crippen LogP contribution in [0.1, 0.15) is 85.6 Å². The van der Waals surface area contributed by atoms with Gasteiger partial charge in [-0.15, -0.1) is 0 Å². The minimum atomic E-state index is -1.01. The van der Waals surface area contributed by atoms with Gasteiger partial charge < -0.3 is 19.9 Å². The lowest BCUT2D eigenvalue weighted by molar-refractivity contribution is -0.00760. The third-order valence-electron chi connectivity index (χ3n) is 5.78. The standard InChI is InChI=1S/C27H45N3O5/c1-26(2,3)34-24(32)29-22(17-20-13-9-7-10-14-20)23(31)19-30(25(33)35-27(4,5)6)28-18-21-15-11-8-12-16-21/h8,11-12,15-16,20,22-23,28,31H,7,9-10,13-14,17-19H2,1-6H3,(H,29,32). The number of carbonyl (C=O) groups excluding carboxylic acids is 2. The smallest absolute Gasteiger partial charge is 0.424 e. The van der Waals surface area contributed by atoms with Gasteiger partial charge in [0.1, 0.15) is 11.2 Å². The summed E-state index contributed by atoms with van der Waals surface area (Å²) in [5.74, 6) is 0.408. The molecule has 0 radical (unpaired) electrons. The van der Waals surface area contributed by atoms with Crippen LogP contribution in [0.3, 0.4) is 0 Å². The first kappa shape index (κ1) is 28.9. The van der Waals surface area contributed by atoms with Gasteiger partial charge in [0.2, 0.25) is 0 Å². The zero-order valence-corrected chi connectivity index (χ0v) is 22.3. The average Bonchev–Trinajstić information content (AvgIpc) is 2.75. The van der Waals surface area contributed by atoms with Crippen LogP contribution in [0.4, 0.5) is 9.59 Å². The molecule has 1 aromatic carbocycles. The third kappa shape index (κ3) is 11.8. The van der Waals surface area contributed by atoms with Crippen LogP contribution in [-0.2, 0) is 16.0 Å². The van der Waals surface area contributed by atoms with Gasteiger partial charge in [-0.25, -0.2) is 20.0 Å². The molecule has 0 aromatic heterocycles. The number of carbonyl (C=O) groups is 2. The lowest BCUT2D eigenvalue weighted by atomic mass is 9.83. The monoisotopic (exact) mass is 491 g/mol. The van der Waals surface area contributed by atoms with Crippen LogP contribution in [-0.4, -0.2) is 52.2 Å². The van der Waals surface area contributed by atoms with Crippen LogP contribution in [0.2, 0.25) is 0 Å². The first-order valence-corrected chi connectivity index (χ1v) is 12.8. The molecule has 1 saturated carbocycles. The second kappa shape index (κ2) is 13.1. The summed E-state index contributed by atoms with van der Waals surface area (Å²) >= 11 is 0. The van der Waals surface area contributed by atoms with Crippen molar-refractivity contribution in [2.24, 2.45) is 5.92 Å². The number of amides is 2. The maximum Gasteiger partial charge on any atom is 0.424 e. The Kier molecular flexibility index (Phi) is 10.8. The number of benzene rings is 1. The minimum absolute atomic E-state index is 0.0467. The van der Waals surface area contributed by atoms with E-state index in [1.807, 2.05) is 30.3 Å². The van der Waals surface area contributed by atoms with E-state index >= 15 is 0 Å². The first-order valence-electron chi connectivity index (χ1n) is 12.8. The van der Waals surface area contributed by atoms with E-state index in [1.54, 1.807) is 41.5 Å². The van der Waals surface area contributed by atoms with Gasteiger partial charge >= 0.3 is 12.2 Å². The van der Waals surface area contributed by atoms with E-state index in [2.05, 4.69) is 10.7 Å². The Labute approximate surface area is 210 Å². The number of aliphatic hydroxyl groups is 1. The van der Waals surface area contributed by atoms with Gasteiger partial charge in [0, 0.05) is 6.54 Å². The number of alkyl carbamates (subject to hydrolysis) is 1. The zero-order valence-electron chi connectivity index (χ0n) is 22.3. The van der Waals surface area contributed by atoms with Crippen LogP contribution in [0, 0.1) is 5.92 Å². The molecule has 3 N–H and O–H groups in total. The molecular weight excluding hydrogens is 446 g/mol. The Morgan fingerprint density at radius 2 is 1.60 bits per heavy atom. The molecular formula is C27H45N3O5. The molecule has 1 aromatic rings. The largest absolute Gasteiger partial charge is 0.444 e. The summed E-state index contributed by atoms with van der Waals surface area (Å²) in [4.78, 5) is 25.5. The summed E-state index contributed by atoms with van der Waals surface area (Å²) in [5, 5.41) is 15.4. The molecule has 2 unspecified atom stereocenters. The fourth-order valence-corrected chi connectivity index (χ4v) is 4.17. The number of hydrazine groups is 1. The molecule has 1 fully saturated rings. The minimum Gasteiger partial charge on any atom is -0.444 e. The summed E-state index contributed by atoms with van der Waals surface area (Å²) in [6, 6.07) is 9.12. The molecule has 35 heavy (non-hydrogen) atoms. The van der Waals surface area contributed by atoms with Crippen molar-refractivity contribution in [3.8, 4) is 0 Å². The molecule has 2 atom stereocenters. The average molecular weight is 492 g/mol. The molecule has 2 rings (SSSR count). The predicted molar refractivity (Wildman–Crippen MR) is 137 cm³/mol. The van der Waals surface area contributed by atoms with E-state index in [0.29, 0.717) is 18.9 Å². The SMILES string of the molecule is CC(C)(C)OC(=O)NC(CC1CCCCC1)C(O)CN(NCc1ccccc1)C(=O)OC(C)(C)C. The van der Waals surface area contributed by atoms with Gasteiger partial charge in [0.15, 0.2) is 0 Å². The van der Waals surface area contributed by atoms with E-state index < -0.39 is 35.5 Å². The summed E-state index contributed by atoms with van der Waals surface area (Å²) < 4.78 is 11.0. The number of rotatable bonds is 9. The second-order valence-corrected chi connectivity index (χ2v) is 11.5. The summed E-state index contributed by atoms with van der Waals surface area (Å²) in [5.41, 5.74) is 2.74. The Hall–Kier alpha value is -2.32. The first-order chi connectivity index (χ1) is 16.3. The van der Waals surface area contributed by atoms with Crippen molar-refractivity contribution < 1.29 is 24.2 Å². The van der Waals surface area contributed by atoms with Crippen LogP contribution in [0.5, 0.6) is 0 Å². The normalized spacial score (nSPS) is 16.8. The molecule has 198 valence electrons. The maximum absolute atomic E-state index is 13.0. The zero-order chi connectivity index (χ0) is 26.1. The molecule has 0 saturated heterocycles. The van der Waals surface area contributed by atoms with Crippen LogP contribution < -0.4 is 10.7 Å². The maximum atomic E-state index is 13.0. The number of hydrogen-bond donors (Lipinski definition) is 3. The number of nitrogens with zero attached hydrogens (tertiary/aromatic N) is 1. The lowest BCUT2D eigenvalue weighted by Crippen LogP contribution is -2.54. The molecule has 2 amide bonds. The lowest BCUT2D eigenvalue weighted by Gasteiger charge is -2.34. The van der Waals surface area contributed by atoms with Gasteiger partial charge in [0.05, 0.1) is 18.7 Å². The fourth-order valence-electron chi connectivity index (χ4n) is 4.17. The van der Waals surface area contributed by atoms with E-state index in [0.717, 1.165) is 31.2 Å². The summed E-state index contributed by atoms with van der Waals surface area (Å²) in [7, 11) is 0. The number of hydrogen-bond acceptors (Lipinski definition) is 6. The summed E-state index contributed by atoms with van der Waals surface area (Å²) in [6.45, 7) is 11.1. The molecule has 0 aliphatic heterocycles. The third-order valence-corrected chi connectivity index (χ3v) is 5.78. The Morgan fingerprint density at radius 3 is 2.17 bits per heavy atom. The van der Waals surface area contributed by atoms with Crippen LogP contribution in [0.25, 0.3) is 0 Å². The number of aliphatic hydroxyl groups excluding tert-OH is 1. The van der Waals surface area contributed by atoms with Crippen molar-refractivity contribution in [3.05, 3.63) is 35.9 Å². The highest BCUT2D eigenvalue weighted by Crippen LogP contribution is 2.28. The second-order valence-electron chi connectivity index (χ2n) is 11.5. The molecule has 0 spiro atoms. The quantitative estimate of drug-likeness (QED) is 0.413. The van der Waals surface area contributed by atoms with Crippen molar-refractivity contribution in [1.29, 1.82) is 0 Å². The van der Waals surface area contributed by atoms with E-state index in [1.165, 1.54) is 11.4 Å². The van der Waals surface area contributed by atoms with E-state index in [-0.39, 0.29) is 6.54 Å². The molecule has 0 bridgehead atoms. The van der Waals surface area contributed by atoms with Gasteiger partial charge in [-0.2, -0.15) is 0 Å². The van der Waals surface area contributed by atoms with Crippen molar-refractivity contribution in [1.82, 2.24) is 15.8 Å². The van der Waals surface area contributed by atoms with E-state index in [4.69, 9.17) is 9.47 Å². The molecule has 0 heterocycles. The fraction of sp³-hybridized carbons (Fsp3) is 0.704. The molecule has 1 aliphatic rings. The molecule has 1 aliphatic carbocycles.